The van der Waals surface area contributed by atoms with E-state index < -0.39 is 23.7 Å². The fourth-order valence-corrected chi connectivity index (χ4v) is 3.28. The van der Waals surface area contributed by atoms with Crippen LogP contribution in [0.15, 0.2) is 66.5 Å². The van der Waals surface area contributed by atoms with E-state index in [1.807, 2.05) is 6.92 Å². The molecule has 1 amide bonds. The van der Waals surface area contributed by atoms with E-state index >= 15 is 0 Å². The smallest absolute Gasteiger partial charge is 0.352 e. The number of rotatable bonds is 6. The molecule has 0 saturated heterocycles. The third-order valence-corrected chi connectivity index (χ3v) is 4.75. The average molecular weight is 422 g/mol. The van der Waals surface area contributed by atoms with Crippen LogP contribution in [0.1, 0.15) is 28.9 Å². The summed E-state index contributed by atoms with van der Waals surface area (Å²) in [4.78, 5) is 24.5. The quantitative estimate of drug-likeness (QED) is 0.560. The predicted octanol–water partition coefficient (Wildman–Crippen LogP) is 3.66. The third-order valence-electron chi connectivity index (χ3n) is 4.75. The molecule has 2 heterocycles. The van der Waals surface area contributed by atoms with Crippen LogP contribution in [0.5, 0.6) is 5.75 Å². The van der Waals surface area contributed by atoms with E-state index in [9.17, 15) is 19.1 Å². The Morgan fingerprint density at radius 3 is 2.55 bits per heavy atom. The highest BCUT2D eigenvalue weighted by Crippen LogP contribution is 2.32. The molecule has 3 N–H and O–H groups in total. The molecule has 1 atom stereocenters. The van der Waals surface area contributed by atoms with Gasteiger partial charge < -0.3 is 20.5 Å². The summed E-state index contributed by atoms with van der Waals surface area (Å²) in [7, 11) is 0. The molecular formula is C22H19FN4O4. The second-order valence-electron chi connectivity index (χ2n) is 6.77. The van der Waals surface area contributed by atoms with Gasteiger partial charge in [0.1, 0.15) is 28.6 Å². The van der Waals surface area contributed by atoms with Gasteiger partial charge in [0.15, 0.2) is 0 Å². The molecule has 0 radical (unpaired) electrons. The highest BCUT2D eigenvalue weighted by atomic mass is 19.1. The summed E-state index contributed by atoms with van der Waals surface area (Å²) >= 11 is 0. The van der Waals surface area contributed by atoms with E-state index in [-0.39, 0.29) is 17.1 Å². The van der Waals surface area contributed by atoms with Gasteiger partial charge >= 0.3 is 5.97 Å². The molecule has 9 heteroatoms. The van der Waals surface area contributed by atoms with Crippen molar-refractivity contribution in [3.63, 3.8) is 0 Å². The van der Waals surface area contributed by atoms with Crippen molar-refractivity contribution in [3.05, 3.63) is 83.4 Å². The van der Waals surface area contributed by atoms with E-state index in [2.05, 4.69) is 15.7 Å². The number of carboxylic acid groups (broad SMARTS) is 1. The molecule has 0 saturated carbocycles. The third kappa shape index (κ3) is 4.11. The van der Waals surface area contributed by atoms with Crippen molar-refractivity contribution in [2.24, 2.45) is 0 Å². The first-order chi connectivity index (χ1) is 15.0. The molecule has 31 heavy (non-hydrogen) atoms. The molecule has 0 aliphatic carbocycles. The molecule has 1 unspecified atom stereocenters. The van der Waals surface area contributed by atoms with Crippen LogP contribution in [-0.4, -0.2) is 33.4 Å². The van der Waals surface area contributed by atoms with Crippen LogP contribution in [-0.2, 0) is 4.79 Å². The lowest BCUT2D eigenvalue weighted by molar-refractivity contribution is -0.132. The largest absolute Gasteiger partial charge is 0.494 e. The van der Waals surface area contributed by atoms with Crippen LogP contribution >= 0.6 is 0 Å². The fourth-order valence-electron chi connectivity index (χ4n) is 3.28. The molecule has 0 spiro atoms. The molecule has 3 aromatic rings. The molecule has 0 fully saturated rings. The number of amides is 1. The maximum absolute atomic E-state index is 13.3. The van der Waals surface area contributed by atoms with Gasteiger partial charge in [0.05, 0.1) is 18.8 Å². The van der Waals surface area contributed by atoms with Gasteiger partial charge in [0.2, 0.25) is 0 Å². The van der Waals surface area contributed by atoms with Crippen LogP contribution in [0.25, 0.3) is 0 Å². The molecule has 0 bridgehead atoms. The lowest BCUT2D eigenvalue weighted by Gasteiger charge is -2.24. The number of carbonyl (C=O) groups excluding carboxylic acids is 1. The van der Waals surface area contributed by atoms with Gasteiger partial charge in [0.25, 0.3) is 5.91 Å². The van der Waals surface area contributed by atoms with Gasteiger partial charge in [-0.2, -0.15) is 5.10 Å². The topological polar surface area (TPSA) is 105 Å². The standard InChI is InChI=1S/C22H19FN4O4/c1-2-31-16-9-7-15(8-10-16)25-21(28)17-12-24-27-19(13-3-5-14(23)6-4-13)11-18(22(29)30)26-20(17)27/h3-12,19,26H,2H2,1H3,(H,25,28)(H,29,30). The maximum Gasteiger partial charge on any atom is 0.352 e. The number of hydrogen-bond acceptors (Lipinski definition) is 5. The molecular weight excluding hydrogens is 403 g/mol. The number of carboxylic acids is 1. The molecule has 2 aromatic carbocycles. The maximum atomic E-state index is 13.3. The Labute approximate surface area is 177 Å². The average Bonchev–Trinajstić information content (AvgIpc) is 3.19. The zero-order chi connectivity index (χ0) is 22.0. The van der Waals surface area contributed by atoms with E-state index in [0.717, 1.165) is 0 Å². The molecule has 4 rings (SSSR count). The number of aromatic nitrogens is 2. The number of anilines is 2. The molecule has 1 aliphatic heterocycles. The minimum atomic E-state index is -1.18. The van der Waals surface area contributed by atoms with Crippen molar-refractivity contribution in [3.8, 4) is 5.75 Å². The van der Waals surface area contributed by atoms with E-state index in [1.54, 1.807) is 36.4 Å². The monoisotopic (exact) mass is 422 g/mol. The predicted molar refractivity (Wildman–Crippen MR) is 112 cm³/mol. The molecule has 1 aromatic heterocycles. The summed E-state index contributed by atoms with van der Waals surface area (Å²) in [5, 5.41) is 19.3. The Kier molecular flexibility index (Phi) is 5.40. The van der Waals surface area contributed by atoms with Crippen molar-refractivity contribution in [1.82, 2.24) is 9.78 Å². The Morgan fingerprint density at radius 1 is 1.19 bits per heavy atom. The summed E-state index contributed by atoms with van der Waals surface area (Å²) in [5.74, 6) is -1.13. The second kappa shape index (κ2) is 8.31. The number of fused-ring (bicyclic) bond motifs is 1. The first-order valence-corrected chi connectivity index (χ1v) is 9.55. The van der Waals surface area contributed by atoms with Crippen molar-refractivity contribution in [2.75, 3.05) is 17.2 Å². The van der Waals surface area contributed by atoms with Crippen LogP contribution in [0.3, 0.4) is 0 Å². The highest BCUT2D eigenvalue weighted by Gasteiger charge is 2.29. The van der Waals surface area contributed by atoms with Crippen LogP contribution in [0.4, 0.5) is 15.9 Å². The van der Waals surface area contributed by atoms with Gasteiger partial charge in [-0.1, -0.05) is 12.1 Å². The molecule has 1 aliphatic rings. The van der Waals surface area contributed by atoms with Crippen molar-refractivity contribution in [1.29, 1.82) is 0 Å². The number of hydrogen-bond donors (Lipinski definition) is 3. The Bertz CT molecular complexity index is 1150. The molecule has 8 nitrogen and oxygen atoms in total. The SMILES string of the molecule is CCOc1ccc(NC(=O)c2cnn3c2NC(C(=O)O)=CC3c2ccc(F)cc2)cc1. The molecule has 158 valence electrons. The first-order valence-electron chi connectivity index (χ1n) is 9.55. The van der Waals surface area contributed by atoms with Crippen LogP contribution < -0.4 is 15.4 Å². The minimum absolute atomic E-state index is 0.0996. The van der Waals surface area contributed by atoms with Crippen LogP contribution in [0.2, 0.25) is 0 Å². The first kappa shape index (κ1) is 20.1. The summed E-state index contributed by atoms with van der Waals surface area (Å²) in [6, 6.07) is 11.9. The normalized spacial score (nSPS) is 14.8. The summed E-state index contributed by atoms with van der Waals surface area (Å²) < 4.78 is 20.2. The Morgan fingerprint density at radius 2 is 1.90 bits per heavy atom. The summed E-state index contributed by atoms with van der Waals surface area (Å²) in [6.45, 7) is 2.42. The number of aliphatic carboxylic acids is 1. The van der Waals surface area contributed by atoms with Gasteiger partial charge in [-0.05, 0) is 55.0 Å². The van der Waals surface area contributed by atoms with Gasteiger partial charge in [-0.15, -0.1) is 0 Å². The number of halogens is 1. The van der Waals surface area contributed by atoms with E-state index in [4.69, 9.17) is 4.74 Å². The zero-order valence-corrected chi connectivity index (χ0v) is 16.5. The number of carbonyl (C=O) groups is 2. The second-order valence-corrected chi connectivity index (χ2v) is 6.77. The Balaban J connectivity index is 1.64. The lowest BCUT2D eigenvalue weighted by atomic mass is 10.0. The van der Waals surface area contributed by atoms with Crippen molar-refractivity contribution in [2.45, 2.75) is 13.0 Å². The van der Waals surface area contributed by atoms with Crippen molar-refractivity contribution < 1.29 is 23.8 Å². The zero-order valence-electron chi connectivity index (χ0n) is 16.5. The van der Waals surface area contributed by atoms with Gasteiger partial charge in [0, 0.05) is 5.69 Å². The van der Waals surface area contributed by atoms with Gasteiger partial charge in [-0.25, -0.2) is 13.9 Å². The number of ether oxygens (including phenoxy) is 1. The number of nitrogens with one attached hydrogen (secondary N) is 2. The fraction of sp³-hybridized carbons (Fsp3) is 0.136. The number of allylic oxidation sites excluding steroid dienone is 1. The minimum Gasteiger partial charge on any atom is -0.494 e. The van der Waals surface area contributed by atoms with Gasteiger partial charge in [-0.3, -0.25) is 4.79 Å². The van der Waals surface area contributed by atoms with E-state index in [0.29, 0.717) is 23.6 Å². The Hall–Kier alpha value is -4.14. The highest BCUT2D eigenvalue weighted by molar-refractivity contribution is 6.08. The number of benzene rings is 2. The number of nitrogens with zero attached hydrogens (tertiary/aromatic N) is 2. The summed E-state index contributed by atoms with van der Waals surface area (Å²) in [5.41, 5.74) is 1.25. The van der Waals surface area contributed by atoms with Crippen molar-refractivity contribution >= 4 is 23.4 Å². The van der Waals surface area contributed by atoms with E-state index in [1.165, 1.54) is 29.1 Å². The summed E-state index contributed by atoms with van der Waals surface area (Å²) in [6.07, 6.45) is 2.82. The van der Waals surface area contributed by atoms with Crippen LogP contribution in [0, 0.1) is 5.82 Å². The lowest BCUT2D eigenvalue weighted by Crippen LogP contribution is -2.25.